The van der Waals surface area contributed by atoms with Gasteiger partial charge in [-0.15, -0.1) is 11.3 Å². The van der Waals surface area contributed by atoms with E-state index in [1.165, 1.54) is 16.2 Å². The Morgan fingerprint density at radius 2 is 2.31 bits per heavy atom. The van der Waals surface area contributed by atoms with E-state index in [0.717, 1.165) is 23.5 Å². The monoisotopic (exact) mass is 254 g/mol. The van der Waals surface area contributed by atoms with E-state index >= 15 is 0 Å². The molecular formula is C13H18OS2. The Morgan fingerprint density at radius 3 is 3.00 bits per heavy atom. The number of rotatable bonds is 4. The maximum atomic E-state index is 12.0. The SMILES string of the molecule is CC(C)CCC(=O)c1cc2c(s1)CCSC2. The predicted molar refractivity (Wildman–Crippen MR) is 72.6 cm³/mol. The molecule has 0 saturated heterocycles. The minimum Gasteiger partial charge on any atom is -0.293 e. The summed E-state index contributed by atoms with van der Waals surface area (Å²) in [4.78, 5) is 14.4. The van der Waals surface area contributed by atoms with Gasteiger partial charge in [-0.25, -0.2) is 0 Å². The Labute approximate surface area is 106 Å². The lowest BCUT2D eigenvalue weighted by molar-refractivity contribution is 0.0979. The van der Waals surface area contributed by atoms with E-state index in [0.29, 0.717) is 18.1 Å². The molecule has 3 heteroatoms. The Kier molecular flexibility index (Phi) is 4.09. The van der Waals surface area contributed by atoms with Crippen molar-refractivity contribution in [3.63, 3.8) is 0 Å². The highest BCUT2D eigenvalue weighted by Gasteiger charge is 2.17. The number of carbonyl (C=O) groups is 1. The van der Waals surface area contributed by atoms with Gasteiger partial charge in [0.1, 0.15) is 0 Å². The van der Waals surface area contributed by atoms with E-state index in [1.54, 1.807) is 11.3 Å². The number of hydrogen-bond donors (Lipinski definition) is 0. The van der Waals surface area contributed by atoms with Crippen LogP contribution >= 0.6 is 23.1 Å². The molecule has 2 heterocycles. The zero-order valence-electron chi connectivity index (χ0n) is 9.91. The topological polar surface area (TPSA) is 17.1 Å². The van der Waals surface area contributed by atoms with E-state index < -0.39 is 0 Å². The molecule has 0 bridgehead atoms. The van der Waals surface area contributed by atoms with Crippen LogP contribution in [0.1, 0.15) is 46.8 Å². The minimum absolute atomic E-state index is 0.345. The molecule has 0 amide bonds. The Bertz CT molecular complexity index is 356. The first-order chi connectivity index (χ1) is 7.66. The summed E-state index contributed by atoms with van der Waals surface area (Å²) in [5, 5.41) is 0. The summed E-state index contributed by atoms with van der Waals surface area (Å²) in [6.07, 6.45) is 2.88. The lowest BCUT2D eigenvalue weighted by atomic mass is 10.0. The van der Waals surface area contributed by atoms with Gasteiger partial charge in [-0.3, -0.25) is 4.79 Å². The Morgan fingerprint density at radius 1 is 1.50 bits per heavy atom. The molecule has 1 nitrogen and oxygen atoms in total. The Balaban J connectivity index is 2.03. The number of fused-ring (bicyclic) bond motifs is 1. The van der Waals surface area contributed by atoms with Crippen molar-refractivity contribution in [1.82, 2.24) is 0 Å². The van der Waals surface area contributed by atoms with Gasteiger partial charge >= 0.3 is 0 Å². The first-order valence-electron chi connectivity index (χ1n) is 5.89. The molecule has 0 aliphatic carbocycles. The van der Waals surface area contributed by atoms with Gasteiger partial charge in [0.05, 0.1) is 4.88 Å². The first-order valence-corrected chi connectivity index (χ1v) is 7.86. The fraction of sp³-hybridized carbons (Fsp3) is 0.615. The second-order valence-electron chi connectivity index (χ2n) is 4.72. The van der Waals surface area contributed by atoms with Crippen molar-refractivity contribution < 1.29 is 4.79 Å². The van der Waals surface area contributed by atoms with E-state index in [4.69, 9.17) is 0 Å². The van der Waals surface area contributed by atoms with Crippen LogP contribution in [0.2, 0.25) is 0 Å². The van der Waals surface area contributed by atoms with Crippen LogP contribution in [0.5, 0.6) is 0 Å². The van der Waals surface area contributed by atoms with Gasteiger partial charge < -0.3 is 0 Å². The highest BCUT2D eigenvalue weighted by atomic mass is 32.2. The zero-order chi connectivity index (χ0) is 11.5. The summed E-state index contributed by atoms with van der Waals surface area (Å²) in [6, 6.07) is 2.13. The van der Waals surface area contributed by atoms with E-state index in [9.17, 15) is 4.79 Å². The lowest BCUT2D eigenvalue weighted by Gasteiger charge is -2.08. The normalized spacial score (nSPS) is 15.2. The standard InChI is InChI=1S/C13H18OS2/c1-9(2)3-4-11(14)13-7-10-8-15-6-5-12(10)16-13/h7,9H,3-6,8H2,1-2H3. The maximum Gasteiger partial charge on any atom is 0.172 e. The molecule has 0 N–H and O–H groups in total. The molecule has 2 rings (SSSR count). The number of carbonyl (C=O) groups excluding carboxylic acids is 1. The fourth-order valence-corrected chi connectivity index (χ4v) is 4.17. The molecule has 0 unspecified atom stereocenters. The molecule has 1 aliphatic rings. The van der Waals surface area contributed by atoms with Gasteiger partial charge in [0, 0.05) is 17.1 Å². The van der Waals surface area contributed by atoms with Gasteiger partial charge in [-0.05, 0) is 36.1 Å². The molecular weight excluding hydrogens is 236 g/mol. The van der Waals surface area contributed by atoms with Crippen molar-refractivity contribution in [2.75, 3.05) is 5.75 Å². The molecule has 16 heavy (non-hydrogen) atoms. The van der Waals surface area contributed by atoms with Gasteiger partial charge in [0.15, 0.2) is 5.78 Å². The molecule has 0 aromatic carbocycles. The zero-order valence-corrected chi connectivity index (χ0v) is 11.5. The van der Waals surface area contributed by atoms with Gasteiger partial charge in [-0.1, -0.05) is 13.8 Å². The highest BCUT2D eigenvalue weighted by molar-refractivity contribution is 7.98. The quantitative estimate of drug-likeness (QED) is 0.751. The third-order valence-corrected chi connectivity index (χ3v) is 5.14. The van der Waals surface area contributed by atoms with Crippen molar-refractivity contribution in [2.24, 2.45) is 5.92 Å². The van der Waals surface area contributed by atoms with Gasteiger partial charge in [-0.2, -0.15) is 11.8 Å². The number of ketones is 1. The number of aryl methyl sites for hydroxylation is 1. The second-order valence-corrected chi connectivity index (χ2v) is 6.96. The molecule has 0 spiro atoms. The van der Waals surface area contributed by atoms with Crippen LogP contribution < -0.4 is 0 Å². The van der Waals surface area contributed by atoms with Crippen LogP contribution in [0.15, 0.2) is 6.07 Å². The third-order valence-electron chi connectivity index (χ3n) is 2.85. The second kappa shape index (κ2) is 5.37. The smallest absolute Gasteiger partial charge is 0.172 e. The summed E-state index contributed by atoms with van der Waals surface area (Å²) in [5.74, 6) is 3.28. The number of thioether (sulfide) groups is 1. The molecule has 0 atom stereocenters. The summed E-state index contributed by atoms with van der Waals surface area (Å²) >= 11 is 3.71. The maximum absolute atomic E-state index is 12.0. The molecule has 0 saturated carbocycles. The predicted octanol–water partition coefficient (Wildman–Crippen LogP) is 4.16. The molecule has 1 aliphatic heterocycles. The van der Waals surface area contributed by atoms with Gasteiger partial charge in [0.2, 0.25) is 0 Å². The molecule has 0 fully saturated rings. The largest absolute Gasteiger partial charge is 0.293 e. The van der Waals surface area contributed by atoms with Crippen molar-refractivity contribution in [3.05, 3.63) is 21.4 Å². The van der Waals surface area contributed by atoms with Crippen LogP contribution in [0.4, 0.5) is 0 Å². The summed E-state index contributed by atoms with van der Waals surface area (Å²) in [6.45, 7) is 4.34. The lowest BCUT2D eigenvalue weighted by Crippen LogP contribution is -1.98. The summed E-state index contributed by atoms with van der Waals surface area (Å²) in [5.41, 5.74) is 1.41. The summed E-state index contributed by atoms with van der Waals surface area (Å²) in [7, 11) is 0. The van der Waals surface area contributed by atoms with E-state index in [-0.39, 0.29) is 0 Å². The van der Waals surface area contributed by atoms with Crippen molar-refractivity contribution in [3.8, 4) is 0 Å². The van der Waals surface area contributed by atoms with Crippen LogP contribution in [0.25, 0.3) is 0 Å². The van der Waals surface area contributed by atoms with Gasteiger partial charge in [0.25, 0.3) is 0 Å². The highest BCUT2D eigenvalue weighted by Crippen LogP contribution is 2.32. The average Bonchev–Trinajstić information content (AvgIpc) is 2.69. The Hall–Kier alpha value is -0.280. The molecule has 88 valence electrons. The van der Waals surface area contributed by atoms with Crippen LogP contribution in [0.3, 0.4) is 0 Å². The third kappa shape index (κ3) is 2.89. The number of thiophene rings is 1. The first kappa shape index (κ1) is 12.2. The van der Waals surface area contributed by atoms with Crippen LogP contribution in [-0.2, 0) is 12.2 Å². The average molecular weight is 254 g/mol. The minimum atomic E-state index is 0.345. The van der Waals surface area contributed by atoms with Crippen molar-refractivity contribution >= 4 is 28.9 Å². The van der Waals surface area contributed by atoms with Crippen LogP contribution in [-0.4, -0.2) is 11.5 Å². The number of Topliss-reactive ketones (excluding diaryl/α,β-unsaturated/α-hetero) is 1. The van der Waals surface area contributed by atoms with E-state index in [1.807, 2.05) is 11.8 Å². The summed E-state index contributed by atoms with van der Waals surface area (Å²) < 4.78 is 0. The molecule has 1 aromatic rings. The van der Waals surface area contributed by atoms with E-state index in [2.05, 4.69) is 19.9 Å². The van der Waals surface area contributed by atoms with Crippen LogP contribution in [0, 0.1) is 5.92 Å². The molecule has 1 aromatic heterocycles. The van der Waals surface area contributed by atoms with Crippen molar-refractivity contribution in [2.45, 2.75) is 38.9 Å². The number of hydrogen-bond acceptors (Lipinski definition) is 3. The van der Waals surface area contributed by atoms with Crippen molar-refractivity contribution in [1.29, 1.82) is 0 Å². The fourth-order valence-electron chi connectivity index (χ4n) is 1.83. The molecule has 0 radical (unpaired) electrons.